The third-order valence-electron chi connectivity index (χ3n) is 4.12. The molecular weight excluding hydrogens is 432 g/mol. The van der Waals surface area contributed by atoms with Crippen LogP contribution in [-0.4, -0.2) is 34.7 Å². The summed E-state index contributed by atoms with van der Waals surface area (Å²) in [6.07, 6.45) is 1.43. The van der Waals surface area contributed by atoms with Gasteiger partial charge in [-0.2, -0.15) is 5.10 Å². The Balaban J connectivity index is 1.83. The average molecular weight is 449 g/mol. The third-order valence-corrected chi connectivity index (χ3v) is 5.65. The first-order valence-corrected chi connectivity index (χ1v) is 9.75. The van der Waals surface area contributed by atoms with E-state index in [9.17, 15) is 14.4 Å². The second-order valence-electron chi connectivity index (χ2n) is 5.99. The normalized spacial score (nSPS) is 10.5. The second kappa shape index (κ2) is 8.97. The lowest BCUT2D eigenvalue weighted by Crippen LogP contribution is -2.20. The molecule has 11 heteroatoms. The topological polar surface area (TPSA) is 126 Å². The fourth-order valence-corrected chi connectivity index (χ4v) is 3.90. The van der Waals surface area contributed by atoms with Crippen molar-refractivity contribution in [2.75, 3.05) is 12.4 Å². The molecule has 0 radical (unpaired) electrons. The Morgan fingerprint density at radius 3 is 2.67 bits per heavy atom. The lowest BCUT2D eigenvalue weighted by atomic mass is 10.1. The SMILES string of the molecule is COC(=O)c1c(NC(=O)c2ccnn2COc2ccccc2Cl)sc(C(N)=O)c1C. The molecule has 3 rings (SSSR count). The molecule has 2 amide bonds. The molecule has 0 aliphatic rings. The molecular formula is C19H17ClN4O5S. The molecule has 30 heavy (non-hydrogen) atoms. The maximum Gasteiger partial charge on any atom is 0.341 e. The van der Waals surface area contributed by atoms with Gasteiger partial charge < -0.3 is 20.5 Å². The van der Waals surface area contributed by atoms with Gasteiger partial charge in [0, 0.05) is 6.20 Å². The van der Waals surface area contributed by atoms with Crippen LogP contribution in [0.1, 0.15) is 36.1 Å². The summed E-state index contributed by atoms with van der Waals surface area (Å²) in [6, 6.07) is 8.38. The van der Waals surface area contributed by atoms with Crippen molar-refractivity contribution in [3.8, 4) is 5.75 Å². The van der Waals surface area contributed by atoms with Gasteiger partial charge in [0.05, 0.1) is 22.6 Å². The van der Waals surface area contributed by atoms with Gasteiger partial charge in [-0.25, -0.2) is 9.48 Å². The summed E-state index contributed by atoms with van der Waals surface area (Å²) in [4.78, 5) is 36.8. The van der Waals surface area contributed by atoms with E-state index in [1.807, 2.05) is 0 Å². The van der Waals surface area contributed by atoms with Crippen LogP contribution in [0.3, 0.4) is 0 Å². The van der Waals surface area contributed by atoms with E-state index in [4.69, 9.17) is 26.8 Å². The predicted octanol–water partition coefficient (Wildman–Crippen LogP) is 3.08. The summed E-state index contributed by atoms with van der Waals surface area (Å²) < 4.78 is 11.7. The van der Waals surface area contributed by atoms with Gasteiger partial charge in [0.1, 0.15) is 16.4 Å². The zero-order valence-corrected chi connectivity index (χ0v) is 17.5. The van der Waals surface area contributed by atoms with E-state index in [-0.39, 0.29) is 27.9 Å². The minimum Gasteiger partial charge on any atom is -0.470 e. The highest BCUT2D eigenvalue weighted by atomic mass is 35.5. The fraction of sp³-hybridized carbons (Fsp3) is 0.158. The molecule has 0 aliphatic heterocycles. The van der Waals surface area contributed by atoms with E-state index >= 15 is 0 Å². The summed E-state index contributed by atoms with van der Waals surface area (Å²) in [6.45, 7) is 1.49. The first-order valence-electron chi connectivity index (χ1n) is 8.55. The molecule has 0 fully saturated rings. The molecule has 156 valence electrons. The number of nitrogens with one attached hydrogen (secondary N) is 1. The number of nitrogens with zero attached hydrogens (tertiary/aromatic N) is 2. The summed E-state index contributed by atoms with van der Waals surface area (Å²) in [7, 11) is 1.20. The number of carbonyl (C=O) groups is 3. The molecule has 1 aromatic carbocycles. The number of primary amides is 1. The smallest absolute Gasteiger partial charge is 0.341 e. The summed E-state index contributed by atoms with van der Waals surface area (Å²) in [5.41, 5.74) is 5.94. The number of benzene rings is 1. The summed E-state index contributed by atoms with van der Waals surface area (Å²) in [5.74, 6) is -1.52. The van der Waals surface area contributed by atoms with Crippen LogP contribution >= 0.6 is 22.9 Å². The van der Waals surface area contributed by atoms with Crippen LogP contribution in [0.4, 0.5) is 5.00 Å². The maximum absolute atomic E-state index is 12.8. The van der Waals surface area contributed by atoms with Crippen LogP contribution in [0.2, 0.25) is 5.02 Å². The molecule has 3 aromatic rings. The van der Waals surface area contributed by atoms with Crippen molar-refractivity contribution >= 4 is 45.7 Å². The number of amides is 2. The van der Waals surface area contributed by atoms with Crippen molar-refractivity contribution in [1.82, 2.24) is 9.78 Å². The van der Waals surface area contributed by atoms with Crippen LogP contribution in [0.15, 0.2) is 36.5 Å². The van der Waals surface area contributed by atoms with Gasteiger partial charge in [0.2, 0.25) is 0 Å². The molecule has 0 spiro atoms. The Kier molecular flexibility index (Phi) is 6.38. The minimum atomic E-state index is -0.707. The number of para-hydroxylation sites is 1. The van der Waals surface area contributed by atoms with Crippen molar-refractivity contribution in [2.45, 2.75) is 13.7 Å². The van der Waals surface area contributed by atoms with Gasteiger partial charge in [-0.3, -0.25) is 9.59 Å². The number of hydrogen-bond acceptors (Lipinski definition) is 7. The Morgan fingerprint density at radius 2 is 2.00 bits per heavy atom. The number of aromatic nitrogens is 2. The van der Waals surface area contributed by atoms with Crippen LogP contribution in [0, 0.1) is 6.92 Å². The molecule has 0 saturated carbocycles. The van der Waals surface area contributed by atoms with Gasteiger partial charge in [0.25, 0.3) is 11.8 Å². The zero-order valence-electron chi connectivity index (χ0n) is 16.0. The highest BCUT2D eigenvalue weighted by Gasteiger charge is 2.26. The van der Waals surface area contributed by atoms with E-state index < -0.39 is 17.8 Å². The average Bonchev–Trinajstić information content (AvgIpc) is 3.31. The number of thiophene rings is 1. The first-order chi connectivity index (χ1) is 14.3. The first kappa shape index (κ1) is 21.3. The maximum atomic E-state index is 12.8. The Hall–Kier alpha value is -3.37. The molecule has 0 saturated heterocycles. The molecule has 0 bridgehead atoms. The molecule has 9 nitrogen and oxygen atoms in total. The van der Waals surface area contributed by atoms with E-state index in [0.29, 0.717) is 16.3 Å². The summed E-state index contributed by atoms with van der Waals surface area (Å²) >= 11 is 6.96. The van der Waals surface area contributed by atoms with Crippen molar-refractivity contribution in [3.05, 3.63) is 63.2 Å². The van der Waals surface area contributed by atoms with Gasteiger partial charge >= 0.3 is 5.97 Å². The van der Waals surface area contributed by atoms with Crippen LogP contribution in [-0.2, 0) is 11.5 Å². The number of halogens is 1. The minimum absolute atomic E-state index is 0.0701. The molecule has 3 N–H and O–H groups in total. The number of carbonyl (C=O) groups excluding carboxylic acids is 3. The van der Waals surface area contributed by atoms with Crippen molar-refractivity contribution < 1.29 is 23.9 Å². The quantitative estimate of drug-likeness (QED) is 0.535. The third kappa shape index (κ3) is 4.29. The zero-order chi connectivity index (χ0) is 21.8. The van der Waals surface area contributed by atoms with E-state index in [1.54, 1.807) is 31.2 Å². The highest BCUT2D eigenvalue weighted by Crippen LogP contribution is 2.33. The number of esters is 1. The van der Waals surface area contributed by atoms with Gasteiger partial charge in [-0.1, -0.05) is 23.7 Å². The van der Waals surface area contributed by atoms with Crippen molar-refractivity contribution in [2.24, 2.45) is 5.73 Å². The number of rotatable bonds is 7. The largest absolute Gasteiger partial charge is 0.470 e. The van der Waals surface area contributed by atoms with E-state index in [1.165, 1.54) is 24.1 Å². The Morgan fingerprint density at radius 1 is 1.27 bits per heavy atom. The molecule has 0 aliphatic carbocycles. The lowest BCUT2D eigenvalue weighted by molar-refractivity contribution is 0.0601. The highest BCUT2D eigenvalue weighted by molar-refractivity contribution is 7.18. The van der Waals surface area contributed by atoms with Gasteiger partial charge in [0.15, 0.2) is 6.73 Å². The van der Waals surface area contributed by atoms with Crippen LogP contribution in [0.5, 0.6) is 5.75 Å². The van der Waals surface area contributed by atoms with E-state index in [2.05, 4.69) is 10.4 Å². The van der Waals surface area contributed by atoms with Crippen LogP contribution in [0.25, 0.3) is 0 Å². The molecule has 2 heterocycles. The standard InChI is InChI=1S/C19H17ClN4O5S/c1-10-14(19(27)28-2)18(30-15(10)16(21)25)23-17(26)12-7-8-22-24(12)9-29-13-6-4-3-5-11(13)20/h3-8H,9H2,1-2H3,(H2,21,25)(H,23,26). The van der Waals surface area contributed by atoms with Gasteiger partial charge in [-0.05, 0) is 30.7 Å². The number of ether oxygens (including phenoxy) is 2. The second-order valence-corrected chi connectivity index (χ2v) is 7.42. The number of nitrogens with two attached hydrogens (primary N) is 1. The number of anilines is 1. The van der Waals surface area contributed by atoms with Crippen LogP contribution < -0.4 is 15.8 Å². The number of methoxy groups -OCH3 is 1. The van der Waals surface area contributed by atoms with Crippen molar-refractivity contribution in [1.29, 1.82) is 0 Å². The molecule has 0 unspecified atom stereocenters. The lowest BCUT2D eigenvalue weighted by Gasteiger charge is -2.11. The molecule has 2 aromatic heterocycles. The van der Waals surface area contributed by atoms with E-state index in [0.717, 1.165) is 11.3 Å². The fourth-order valence-electron chi connectivity index (χ4n) is 2.67. The number of hydrogen-bond donors (Lipinski definition) is 2. The predicted molar refractivity (Wildman–Crippen MR) is 111 cm³/mol. The van der Waals surface area contributed by atoms with Crippen molar-refractivity contribution in [3.63, 3.8) is 0 Å². The van der Waals surface area contributed by atoms with Gasteiger partial charge in [-0.15, -0.1) is 11.3 Å². The Bertz CT molecular complexity index is 1120. The Labute approximate surface area is 180 Å². The molecule has 0 atom stereocenters. The summed E-state index contributed by atoms with van der Waals surface area (Å²) in [5, 5.41) is 7.27. The monoisotopic (exact) mass is 448 g/mol.